The number of hydrogen-bond acceptors (Lipinski definition) is 4. The van der Waals surface area contributed by atoms with Crippen molar-refractivity contribution >= 4 is 30.3 Å². The molecule has 2 aliphatic rings. The standard InChI is InChI=1S/C18H24N4O3.ClH/c1-12-5-7-13(8-6-12)18(2)16(24)22(17(25)20-18)11-15(23)21-9-3-4-14(21)10-19;/h5-8,14H,3-4,9-11,19H2,1-2H3,(H,20,25);1H. The Hall–Kier alpha value is -2.12. The summed E-state index contributed by atoms with van der Waals surface area (Å²) in [6, 6.07) is 6.89. The van der Waals surface area contributed by atoms with E-state index in [4.69, 9.17) is 5.73 Å². The summed E-state index contributed by atoms with van der Waals surface area (Å²) in [6.07, 6.45) is 1.76. The zero-order valence-corrected chi connectivity index (χ0v) is 15.8. The van der Waals surface area contributed by atoms with Crippen molar-refractivity contribution in [1.29, 1.82) is 0 Å². The molecule has 4 amide bonds. The zero-order valence-electron chi connectivity index (χ0n) is 15.0. The van der Waals surface area contributed by atoms with Crippen molar-refractivity contribution in [2.75, 3.05) is 19.6 Å². The van der Waals surface area contributed by atoms with Crippen LogP contribution < -0.4 is 11.1 Å². The Kier molecular flexibility index (Phi) is 5.93. The predicted octanol–water partition coefficient (Wildman–Crippen LogP) is 1.13. The van der Waals surface area contributed by atoms with Crippen molar-refractivity contribution in [2.24, 2.45) is 5.73 Å². The van der Waals surface area contributed by atoms with E-state index in [1.807, 2.05) is 31.2 Å². The van der Waals surface area contributed by atoms with Crippen LogP contribution in [0.5, 0.6) is 0 Å². The molecule has 7 nitrogen and oxygen atoms in total. The number of imide groups is 1. The van der Waals surface area contributed by atoms with Crippen molar-refractivity contribution in [3.05, 3.63) is 35.4 Å². The Bertz CT molecular complexity index is 709. The van der Waals surface area contributed by atoms with Gasteiger partial charge in [-0.2, -0.15) is 0 Å². The number of urea groups is 1. The highest BCUT2D eigenvalue weighted by Crippen LogP contribution is 2.29. The Morgan fingerprint density at radius 2 is 1.96 bits per heavy atom. The van der Waals surface area contributed by atoms with E-state index in [0.717, 1.165) is 23.3 Å². The molecule has 3 N–H and O–H groups in total. The summed E-state index contributed by atoms with van der Waals surface area (Å²) in [7, 11) is 0. The van der Waals surface area contributed by atoms with E-state index in [1.54, 1.807) is 11.8 Å². The highest BCUT2D eigenvalue weighted by Gasteiger charge is 2.50. The monoisotopic (exact) mass is 380 g/mol. The fourth-order valence-corrected chi connectivity index (χ4v) is 3.56. The molecule has 0 radical (unpaired) electrons. The summed E-state index contributed by atoms with van der Waals surface area (Å²) in [4.78, 5) is 40.5. The Morgan fingerprint density at radius 3 is 2.58 bits per heavy atom. The molecule has 2 fully saturated rings. The number of halogens is 1. The van der Waals surface area contributed by atoms with Crippen LogP contribution in [0.3, 0.4) is 0 Å². The molecule has 8 heteroatoms. The SMILES string of the molecule is Cc1ccc(C2(C)NC(=O)N(CC(=O)N3CCCC3CN)C2=O)cc1.Cl. The number of carbonyl (C=O) groups excluding carboxylic acids is 3. The van der Waals surface area contributed by atoms with Gasteiger partial charge < -0.3 is 16.0 Å². The molecule has 2 unspecified atom stereocenters. The third-order valence-corrected chi connectivity index (χ3v) is 5.17. The minimum atomic E-state index is -1.15. The Morgan fingerprint density at radius 1 is 1.31 bits per heavy atom. The Labute approximate surface area is 159 Å². The van der Waals surface area contributed by atoms with Crippen LogP contribution in [0.1, 0.15) is 30.9 Å². The van der Waals surface area contributed by atoms with Gasteiger partial charge in [-0.05, 0) is 32.3 Å². The molecule has 1 aromatic carbocycles. The van der Waals surface area contributed by atoms with E-state index in [2.05, 4.69) is 5.32 Å². The molecule has 2 saturated heterocycles. The van der Waals surface area contributed by atoms with Crippen LogP contribution in [0.4, 0.5) is 4.79 Å². The summed E-state index contributed by atoms with van der Waals surface area (Å²) in [6.45, 7) is 4.39. The molecule has 26 heavy (non-hydrogen) atoms. The second kappa shape index (κ2) is 7.63. The Balaban J connectivity index is 0.00000243. The van der Waals surface area contributed by atoms with Crippen LogP contribution in [-0.4, -0.2) is 53.3 Å². The lowest BCUT2D eigenvalue weighted by Gasteiger charge is -2.26. The van der Waals surface area contributed by atoms with Gasteiger partial charge in [-0.1, -0.05) is 29.8 Å². The molecule has 0 spiro atoms. The van der Waals surface area contributed by atoms with Crippen LogP contribution in [0.15, 0.2) is 24.3 Å². The summed E-state index contributed by atoms with van der Waals surface area (Å²) >= 11 is 0. The van der Waals surface area contributed by atoms with Gasteiger partial charge in [-0.3, -0.25) is 14.5 Å². The van der Waals surface area contributed by atoms with Crippen LogP contribution >= 0.6 is 12.4 Å². The first-order valence-corrected chi connectivity index (χ1v) is 8.57. The molecule has 142 valence electrons. The summed E-state index contributed by atoms with van der Waals surface area (Å²) < 4.78 is 0. The first-order valence-electron chi connectivity index (χ1n) is 8.57. The molecule has 3 rings (SSSR count). The minimum absolute atomic E-state index is 0. The summed E-state index contributed by atoms with van der Waals surface area (Å²) in [5.41, 5.74) is 6.32. The lowest BCUT2D eigenvalue weighted by atomic mass is 9.91. The molecule has 0 aliphatic carbocycles. The number of aryl methyl sites for hydroxylation is 1. The topological polar surface area (TPSA) is 95.7 Å². The molecule has 0 aromatic heterocycles. The number of benzene rings is 1. The summed E-state index contributed by atoms with van der Waals surface area (Å²) in [5.74, 6) is -0.636. The smallest absolute Gasteiger partial charge is 0.325 e. The number of nitrogens with zero attached hydrogens (tertiary/aromatic N) is 2. The number of rotatable bonds is 4. The second-order valence-electron chi connectivity index (χ2n) is 6.93. The van der Waals surface area contributed by atoms with Crippen molar-refractivity contribution in [3.8, 4) is 0 Å². The van der Waals surface area contributed by atoms with Crippen molar-refractivity contribution in [3.63, 3.8) is 0 Å². The van der Waals surface area contributed by atoms with Crippen molar-refractivity contribution in [2.45, 2.75) is 38.3 Å². The lowest BCUT2D eigenvalue weighted by Crippen LogP contribution is -2.47. The predicted molar refractivity (Wildman–Crippen MR) is 99.8 cm³/mol. The first-order chi connectivity index (χ1) is 11.9. The quantitative estimate of drug-likeness (QED) is 0.765. The number of nitrogens with two attached hydrogens (primary N) is 1. The molecule has 2 atom stereocenters. The third kappa shape index (κ3) is 3.41. The molecule has 2 aliphatic heterocycles. The first kappa shape index (κ1) is 20.2. The maximum Gasteiger partial charge on any atom is 0.325 e. The van der Waals surface area contributed by atoms with E-state index < -0.39 is 17.5 Å². The van der Waals surface area contributed by atoms with E-state index in [-0.39, 0.29) is 30.9 Å². The summed E-state index contributed by atoms with van der Waals surface area (Å²) in [5, 5.41) is 2.73. The van der Waals surface area contributed by atoms with Gasteiger partial charge in [0, 0.05) is 19.1 Å². The van der Waals surface area contributed by atoms with Crippen LogP contribution in [-0.2, 0) is 15.1 Å². The van der Waals surface area contributed by atoms with Crippen LogP contribution in [0.25, 0.3) is 0 Å². The van der Waals surface area contributed by atoms with Gasteiger partial charge in [-0.15, -0.1) is 12.4 Å². The van der Waals surface area contributed by atoms with E-state index in [9.17, 15) is 14.4 Å². The van der Waals surface area contributed by atoms with Crippen molar-refractivity contribution < 1.29 is 14.4 Å². The van der Waals surface area contributed by atoms with Gasteiger partial charge in [0.15, 0.2) is 0 Å². The second-order valence-corrected chi connectivity index (χ2v) is 6.93. The average molecular weight is 381 g/mol. The van der Waals surface area contributed by atoms with Crippen molar-refractivity contribution in [1.82, 2.24) is 15.1 Å². The van der Waals surface area contributed by atoms with Crippen LogP contribution in [0, 0.1) is 6.92 Å². The van der Waals surface area contributed by atoms with Crippen LogP contribution in [0.2, 0.25) is 0 Å². The van der Waals surface area contributed by atoms with Gasteiger partial charge in [0.05, 0.1) is 0 Å². The molecular formula is C18H25ClN4O3. The van der Waals surface area contributed by atoms with Gasteiger partial charge in [-0.25, -0.2) is 4.79 Å². The highest BCUT2D eigenvalue weighted by molar-refractivity contribution is 6.09. The average Bonchev–Trinajstić information content (AvgIpc) is 3.15. The molecule has 0 bridgehead atoms. The van der Waals surface area contributed by atoms with E-state index in [1.165, 1.54) is 0 Å². The number of nitrogens with one attached hydrogen (secondary N) is 1. The normalized spacial score (nSPS) is 25.3. The molecule has 0 saturated carbocycles. The van der Waals surface area contributed by atoms with E-state index in [0.29, 0.717) is 18.7 Å². The maximum atomic E-state index is 12.9. The number of likely N-dealkylation sites (tertiary alicyclic amines) is 1. The maximum absolute atomic E-state index is 12.9. The fraction of sp³-hybridized carbons (Fsp3) is 0.500. The zero-order chi connectivity index (χ0) is 18.2. The lowest BCUT2D eigenvalue weighted by molar-refractivity contribution is -0.139. The van der Waals surface area contributed by atoms with Gasteiger partial charge >= 0.3 is 6.03 Å². The van der Waals surface area contributed by atoms with Gasteiger partial charge in [0.25, 0.3) is 5.91 Å². The number of hydrogen-bond donors (Lipinski definition) is 2. The third-order valence-electron chi connectivity index (χ3n) is 5.17. The van der Waals surface area contributed by atoms with E-state index >= 15 is 0 Å². The molecular weight excluding hydrogens is 356 g/mol. The highest BCUT2D eigenvalue weighted by atomic mass is 35.5. The number of amides is 4. The number of carbonyl (C=O) groups is 3. The van der Waals surface area contributed by atoms with Gasteiger partial charge in [0.2, 0.25) is 5.91 Å². The largest absolute Gasteiger partial charge is 0.337 e. The minimum Gasteiger partial charge on any atom is -0.337 e. The van der Waals surface area contributed by atoms with Gasteiger partial charge in [0.1, 0.15) is 12.1 Å². The molecule has 1 aromatic rings. The fourth-order valence-electron chi connectivity index (χ4n) is 3.56. The molecule has 2 heterocycles.